The van der Waals surface area contributed by atoms with E-state index in [0.717, 1.165) is 18.8 Å². The zero-order valence-corrected chi connectivity index (χ0v) is 20.4. The van der Waals surface area contributed by atoms with Crippen molar-refractivity contribution in [3.63, 3.8) is 0 Å². The summed E-state index contributed by atoms with van der Waals surface area (Å²) in [6.07, 6.45) is 3.34. The summed E-state index contributed by atoms with van der Waals surface area (Å²) < 4.78 is 21.5. The van der Waals surface area contributed by atoms with Gasteiger partial charge in [-0.15, -0.1) is 0 Å². The lowest BCUT2D eigenvalue weighted by atomic mass is 10.1. The minimum atomic E-state index is -0.515. The Morgan fingerprint density at radius 3 is 2.57 bits per heavy atom. The number of halogens is 1. The third-order valence-corrected chi connectivity index (χ3v) is 6.15. The van der Waals surface area contributed by atoms with Crippen LogP contribution in [0.3, 0.4) is 0 Å². The molecule has 9 nitrogen and oxygen atoms in total. The number of aryl methyl sites for hydroxylation is 2. The van der Waals surface area contributed by atoms with Crippen molar-refractivity contribution < 1.29 is 13.9 Å². The first-order valence-electron chi connectivity index (χ1n) is 11.6. The van der Waals surface area contributed by atoms with Gasteiger partial charge in [-0.2, -0.15) is 0 Å². The van der Waals surface area contributed by atoms with Gasteiger partial charge in [0, 0.05) is 43.6 Å². The smallest absolute Gasteiger partial charge is 0.257 e. The Labute approximate surface area is 202 Å². The number of methoxy groups -OCH3 is 1. The van der Waals surface area contributed by atoms with Crippen molar-refractivity contribution in [2.45, 2.75) is 39.8 Å². The van der Waals surface area contributed by atoms with Gasteiger partial charge in [-0.05, 0) is 39.8 Å². The van der Waals surface area contributed by atoms with Gasteiger partial charge in [-0.3, -0.25) is 4.79 Å². The number of imidazole rings is 1. The Balaban J connectivity index is 1.57. The highest BCUT2D eigenvalue weighted by atomic mass is 19.1. The van der Waals surface area contributed by atoms with Crippen LogP contribution in [0.25, 0.3) is 16.7 Å². The molecule has 3 aromatic heterocycles. The number of nitrogens with one attached hydrogen (secondary N) is 2. The molecule has 4 heterocycles. The second-order valence-corrected chi connectivity index (χ2v) is 9.17. The van der Waals surface area contributed by atoms with E-state index in [1.807, 2.05) is 6.07 Å². The van der Waals surface area contributed by atoms with Crippen molar-refractivity contribution >= 4 is 34.0 Å². The molecule has 1 fully saturated rings. The van der Waals surface area contributed by atoms with Crippen LogP contribution in [0, 0.1) is 19.7 Å². The number of aromatic nitrogens is 4. The van der Waals surface area contributed by atoms with Gasteiger partial charge in [0.2, 0.25) is 5.88 Å². The number of pyridine rings is 1. The molecule has 2 N–H and O–H groups in total. The second-order valence-electron chi connectivity index (χ2n) is 9.17. The van der Waals surface area contributed by atoms with Gasteiger partial charge < -0.3 is 24.7 Å². The maximum atomic E-state index is 14.5. The average molecular weight is 478 g/mol. The number of rotatable bonds is 4. The van der Waals surface area contributed by atoms with Gasteiger partial charge in [0.25, 0.3) is 5.91 Å². The first-order valence-corrected chi connectivity index (χ1v) is 11.6. The largest absolute Gasteiger partial charge is 0.480 e. The minimum absolute atomic E-state index is 0.211. The van der Waals surface area contributed by atoms with Crippen LogP contribution in [0.15, 0.2) is 30.6 Å². The van der Waals surface area contributed by atoms with E-state index in [2.05, 4.69) is 34.4 Å². The number of fused-ring (bicyclic) bond motifs is 2. The summed E-state index contributed by atoms with van der Waals surface area (Å²) in [7, 11) is 1.55. The molecular formula is C25H28FN7O2. The molecule has 0 radical (unpaired) electrons. The molecule has 1 aliphatic rings. The van der Waals surface area contributed by atoms with Gasteiger partial charge in [-0.1, -0.05) is 0 Å². The summed E-state index contributed by atoms with van der Waals surface area (Å²) in [4.78, 5) is 29.2. The summed E-state index contributed by atoms with van der Waals surface area (Å²) in [6, 6.07) is 5.51. The molecule has 5 rings (SSSR count). The topological polar surface area (TPSA) is 96.7 Å². The third kappa shape index (κ3) is 4.25. The predicted molar refractivity (Wildman–Crippen MR) is 133 cm³/mol. The lowest BCUT2D eigenvalue weighted by molar-refractivity contribution is 0.102. The Bertz CT molecular complexity index is 1440. The molecule has 0 bridgehead atoms. The number of amides is 1. The highest BCUT2D eigenvalue weighted by Gasteiger charge is 2.26. The maximum absolute atomic E-state index is 14.5. The first-order chi connectivity index (χ1) is 16.7. The van der Waals surface area contributed by atoms with E-state index in [1.54, 1.807) is 43.8 Å². The lowest BCUT2D eigenvalue weighted by Gasteiger charge is -2.38. The molecule has 1 aromatic carbocycles. The summed E-state index contributed by atoms with van der Waals surface area (Å²) in [5, 5.41) is 6.33. The molecule has 0 aliphatic carbocycles. The Kier molecular flexibility index (Phi) is 5.76. The third-order valence-electron chi connectivity index (χ3n) is 6.15. The summed E-state index contributed by atoms with van der Waals surface area (Å²) in [5.74, 6) is -0.507. The van der Waals surface area contributed by atoms with Gasteiger partial charge >= 0.3 is 0 Å². The fourth-order valence-electron chi connectivity index (χ4n) is 4.79. The average Bonchev–Trinajstić information content (AvgIpc) is 3.18. The second kappa shape index (κ2) is 8.77. The van der Waals surface area contributed by atoms with E-state index in [-0.39, 0.29) is 5.65 Å². The van der Waals surface area contributed by atoms with Crippen LogP contribution in [0.2, 0.25) is 0 Å². The summed E-state index contributed by atoms with van der Waals surface area (Å²) >= 11 is 0. The van der Waals surface area contributed by atoms with Gasteiger partial charge in [0.15, 0.2) is 11.5 Å². The van der Waals surface area contributed by atoms with Crippen molar-refractivity contribution in [3.8, 4) is 5.88 Å². The van der Waals surface area contributed by atoms with E-state index in [9.17, 15) is 9.18 Å². The monoisotopic (exact) mass is 477 g/mol. The number of hydrogen-bond donors (Lipinski definition) is 2. The molecule has 0 spiro atoms. The zero-order chi connectivity index (χ0) is 24.9. The van der Waals surface area contributed by atoms with Crippen molar-refractivity contribution in [1.29, 1.82) is 0 Å². The first kappa shape index (κ1) is 23.0. The number of ether oxygens (including phenoxy) is 1. The molecule has 10 heteroatoms. The molecule has 182 valence electrons. The number of piperazine rings is 1. The molecule has 1 saturated heterocycles. The number of nitrogens with zero attached hydrogens (tertiary/aromatic N) is 5. The highest BCUT2D eigenvalue weighted by Crippen LogP contribution is 2.31. The van der Waals surface area contributed by atoms with Crippen LogP contribution < -0.4 is 20.3 Å². The normalized spacial score (nSPS) is 18.3. The van der Waals surface area contributed by atoms with Crippen molar-refractivity contribution in [2.24, 2.45) is 0 Å². The van der Waals surface area contributed by atoms with Crippen molar-refractivity contribution in [2.75, 3.05) is 30.4 Å². The number of carbonyl (C=O) groups excluding carboxylic acids is 1. The number of anilines is 2. The molecule has 0 saturated carbocycles. The quantitative estimate of drug-likeness (QED) is 0.465. The van der Waals surface area contributed by atoms with Crippen LogP contribution in [-0.4, -0.2) is 57.5 Å². The minimum Gasteiger partial charge on any atom is -0.480 e. The van der Waals surface area contributed by atoms with E-state index in [4.69, 9.17) is 14.7 Å². The maximum Gasteiger partial charge on any atom is 0.257 e. The van der Waals surface area contributed by atoms with Crippen LogP contribution in [-0.2, 0) is 0 Å². The van der Waals surface area contributed by atoms with Gasteiger partial charge in [-0.25, -0.2) is 19.3 Å². The molecule has 1 aliphatic heterocycles. The Morgan fingerprint density at radius 1 is 1.11 bits per heavy atom. The van der Waals surface area contributed by atoms with E-state index < -0.39 is 11.7 Å². The fourth-order valence-corrected chi connectivity index (χ4v) is 4.79. The fraction of sp³-hybridized carbons (Fsp3) is 0.360. The highest BCUT2D eigenvalue weighted by molar-refractivity contribution is 6.13. The van der Waals surface area contributed by atoms with Crippen molar-refractivity contribution in [3.05, 3.63) is 53.4 Å². The van der Waals surface area contributed by atoms with Crippen LogP contribution in [0.4, 0.5) is 15.8 Å². The van der Waals surface area contributed by atoms with Crippen LogP contribution >= 0.6 is 0 Å². The lowest BCUT2D eigenvalue weighted by Crippen LogP contribution is -2.54. The molecule has 4 aromatic rings. The number of benzene rings is 1. The molecular weight excluding hydrogens is 449 g/mol. The van der Waals surface area contributed by atoms with Gasteiger partial charge in [0.05, 0.1) is 29.7 Å². The molecule has 2 atom stereocenters. The number of carbonyl (C=O) groups is 1. The molecule has 1 amide bonds. The van der Waals surface area contributed by atoms with Crippen molar-refractivity contribution in [1.82, 2.24) is 24.7 Å². The molecule has 0 unspecified atom stereocenters. The van der Waals surface area contributed by atoms with E-state index >= 15 is 0 Å². The van der Waals surface area contributed by atoms with Gasteiger partial charge in [0.1, 0.15) is 16.7 Å². The standard InChI is InChI=1S/C25H28FN7O2/c1-13-9-32(10-14(2)27-13)20-7-6-18(21-22(20)31-25(35-5)16(4)29-21)24(34)30-17-8-19(26)23-28-15(3)11-33(23)12-17/h6-8,11-14,27H,9-10H2,1-5H3,(H,30,34)/t13-,14-/m0/s1. The SMILES string of the molecule is COc1nc2c(N3C[C@H](C)N[C@@H](C)C3)ccc(C(=O)Nc3cc(F)c4nc(C)cn4c3)c2nc1C. The van der Waals surface area contributed by atoms with Crippen LogP contribution in [0.1, 0.15) is 35.6 Å². The zero-order valence-electron chi connectivity index (χ0n) is 20.4. The Hall–Kier alpha value is -3.79. The Morgan fingerprint density at radius 2 is 1.86 bits per heavy atom. The van der Waals surface area contributed by atoms with Crippen LogP contribution in [0.5, 0.6) is 5.88 Å². The van der Waals surface area contributed by atoms with E-state index in [1.165, 1.54) is 6.07 Å². The predicted octanol–water partition coefficient (Wildman–Crippen LogP) is 3.48. The number of hydrogen-bond acceptors (Lipinski definition) is 7. The van der Waals surface area contributed by atoms with E-state index in [0.29, 0.717) is 51.6 Å². The summed E-state index contributed by atoms with van der Waals surface area (Å²) in [6.45, 7) is 9.45. The summed E-state index contributed by atoms with van der Waals surface area (Å²) in [5.41, 5.74) is 4.09. The molecule has 35 heavy (non-hydrogen) atoms.